The number of nitrogens with zero attached hydrogens (tertiary/aromatic N) is 3. The van der Waals surface area contributed by atoms with Crippen LogP contribution in [0.15, 0.2) is 12.4 Å². The number of amides is 1. The zero-order valence-corrected chi connectivity index (χ0v) is 20.1. The fourth-order valence-corrected chi connectivity index (χ4v) is 8.77. The molecule has 33 heavy (non-hydrogen) atoms. The van der Waals surface area contributed by atoms with Gasteiger partial charge in [-0.3, -0.25) is 4.79 Å². The van der Waals surface area contributed by atoms with Gasteiger partial charge in [-0.25, -0.2) is 9.97 Å². The Balaban J connectivity index is 1.27. The van der Waals surface area contributed by atoms with Gasteiger partial charge >= 0.3 is 0 Å². The lowest BCUT2D eigenvalue weighted by atomic mass is 9.49. The van der Waals surface area contributed by atoms with Crippen LogP contribution in [0.2, 0.25) is 0 Å². The average Bonchev–Trinajstić information content (AvgIpc) is 3.16. The first-order valence-electron chi connectivity index (χ1n) is 13.1. The number of carbonyl (C=O) groups excluding carboxylic acids is 1. The maximum absolute atomic E-state index is 13.3. The first-order valence-corrected chi connectivity index (χ1v) is 13.1. The van der Waals surface area contributed by atoms with Gasteiger partial charge in [0.25, 0.3) is 0 Å². The van der Waals surface area contributed by atoms with Gasteiger partial charge in [0.2, 0.25) is 11.7 Å². The molecule has 4 saturated carbocycles. The summed E-state index contributed by atoms with van der Waals surface area (Å²) in [6.45, 7) is 4.55. The first kappa shape index (κ1) is 22.8. The summed E-state index contributed by atoms with van der Waals surface area (Å²) in [5.74, 6) is 3.83. The maximum Gasteiger partial charge on any atom is 0.232 e. The Bertz CT molecular complexity index is 927. The lowest BCUT2D eigenvalue weighted by molar-refractivity contribution is -0.130. The van der Waals surface area contributed by atoms with Gasteiger partial charge in [-0.15, -0.1) is 0 Å². The Hall–Kier alpha value is -2.00. The van der Waals surface area contributed by atoms with Crippen molar-refractivity contribution >= 4 is 11.6 Å². The van der Waals surface area contributed by atoms with Gasteiger partial charge in [0.15, 0.2) is 0 Å². The lowest BCUT2D eigenvalue weighted by Gasteiger charge is -2.57. The number of aromatic nitrogens is 2. The second-order valence-corrected chi connectivity index (χ2v) is 11.7. The van der Waals surface area contributed by atoms with E-state index in [1.807, 2.05) is 6.07 Å². The van der Waals surface area contributed by atoms with Gasteiger partial charge in [0.05, 0.1) is 23.7 Å². The number of rotatable bonds is 4. The molecule has 4 aliphatic rings. The second-order valence-electron chi connectivity index (χ2n) is 11.7. The highest BCUT2D eigenvalue weighted by atomic mass is 16.3. The topological polar surface area (TPSA) is 98.9 Å². The van der Waals surface area contributed by atoms with E-state index in [-0.39, 0.29) is 23.1 Å². The molecule has 0 aliphatic heterocycles. The van der Waals surface area contributed by atoms with Gasteiger partial charge in [-0.2, -0.15) is 5.26 Å². The third kappa shape index (κ3) is 3.97. The summed E-state index contributed by atoms with van der Waals surface area (Å²) in [6.07, 6.45) is 15.2. The second kappa shape index (κ2) is 8.65. The molecule has 8 atom stereocenters. The highest BCUT2D eigenvalue weighted by molar-refractivity contribution is 5.93. The Morgan fingerprint density at radius 2 is 1.88 bits per heavy atom. The van der Waals surface area contributed by atoms with E-state index in [4.69, 9.17) is 5.26 Å². The predicted molar refractivity (Wildman–Crippen MR) is 126 cm³/mol. The van der Waals surface area contributed by atoms with Crippen molar-refractivity contribution in [1.29, 1.82) is 5.26 Å². The number of carbonyl (C=O) groups is 1. The number of aliphatic hydroxyl groups is 1. The molecule has 4 fully saturated rings. The Morgan fingerprint density at radius 3 is 2.61 bits per heavy atom. The summed E-state index contributed by atoms with van der Waals surface area (Å²) < 4.78 is 0. The van der Waals surface area contributed by atoms with Crippen LogP contribution in [-0.2, 0) is 4.79 Å². The number of anilines is 1. The Kier molecular flexibility index (Phi) is 5.97. The normalized spacial score (nSPS) is 41.9. The van der Waals surface area contributed by atoms with Crippen molar-refractivity contribution in [2.24, 2.45) is 40.9 Å². The van der Waals surface area contributed by atoms with Gasteiger partial charge in [0, 0.05) is 5.92 Å². The number of nitriles is 1. The Labute approximate surface area is 197 Å². The van der Waals surface area contributed by atoms with Crippen LogP contribution < -0.4 is 5.32 Å². The van der Waals surface area contributed by atoms with Crippen LogP contribution in [0.5, 0.6) is 0 Å². The van der Waals surface area contributed by atoms with Gasteiger partial charge in [-0.1, -0.05) is 20.3 Å². The van der Waals surface area contributed by atoms with Crippen LogP contribution in [0, 0.1) is 52.3 Å². The molecule has 0 unspecified atom stereocenters. The largest absolute Gasteiger partial charge is 0.390 e. The van der Waals surface area contributed by atoms with Crippen LogP contribution in [0.4, 0.5) is 5.69 Å². The summed E-state index contributed by atoms with van der Waals surface area (Å²) in [6, 6.07) is 1.91. The summed E-state index contributed by atoms with van der Waals surface area (Å²) in [5, 5.41) is 23.0. The lowest BCUT2D eigenvalue weighted by Crippen LogP contribution is -2.51. The molecule has 6 nitrogen and oxygen atoms in total. The zero-order valence-electron chi connectivity index (χ0n) is 20.1. The van der Waals surface area contributed by atoms with Crippen LogP contribution in [0.1, 0.15) is 90.3 Å². The van der Waals surface area contributed by atoms with E-state index in [1.54, 1.807) is 0 Å². The quantitative estimate of drug-likeness (QED) is 0.666. The molecule has 1 heterocycles. The van der Waals surface area contributed by atoms with Crippen LogP contribution in [0.25, 0.3) is 0 Å². The van der Waals surface area contributed by atoms with E-state index in [0.717, 1.165) is 62.7 Å². The molecule has 178 valence electrons. The summed E-state index contributed by atoms with van der Waals surface area (Å²) in [4.78, 5) is 21.3. The SMILES string of the molecule is CCC[C@@]1(O)CC[C@H]2[C@H](CC[C@@H]3[C@@H]2CC[C@]2(C)[C@@H](C(=O)Nc4cnc(C#N)nc4)CC[C@@H]32)C1. The summed E-state index contributed by atoms with van der Waals surface area (Å²) in [7, 11) is 0. The first-order chi connectivity index (χ1) is 15.9. The van der Waals surface area contributed by atoms with E-state index in [2.05, 4.69) is 29.1 Å². The molecule has 1 amide bonds. The number of nitrogens with one attached hydrogen (secondary N) is 1. The molecule has 0 spiro atoms. The third-order valence-corrected chi connectivity index (χ3v) is 10.2. The van der Waals surface area contributed by atoms with Crippen molar-refractivity contribution < 1.29 is 9.90 Å². The predicted octanol–water partition coefficient (Wildman–Crippen LogP) is 5.09. The minimum absolute atomic E-state index is 0.0258. The smallest absolute Gasteiger partial charge is 0.232 e. The van der Waals surface area contributed by atoms with Crippen molar-refractivity contribution in [2.45, 2.75) is 90.1 Å². The van der Waals surface area contributed by atoms with E-state index >= 15 is 0 Å². The minimum atomic E-state index is -0.419. The summed E-state index contributed by atoms with van der Waals surface area (Å²) in [5.41, 5.74) is 0.211. The molecule has 5 rings (SSSR count). The van der Waals surface area contributed by atoms with Crippen molar-refractivity contribution in [3.63, 3.8) is 0 Å². The van der Waals surface area contributed by atoms with Crippen molar-refractivity contribution in [1.82, 2.24) is 9.97 Å². The highest BCUT2D eigenvalue weighted by Gasteiger charge is 2.59. The van der Waals surface area contributed by atoms with Crippen LogP contribution in [-0.4, -0.2) is 26.6 Å². The molecular formula is C27H38N4O2. The standard InChI is InChI=1S/C27H38N4O2/c1-3-10-27(33)12-9-19-17(13-27)4-5-21-20(19)8-11-26(2)22(21)6-7-23(26)25(32)31-18-15-29-24(14-28)30-16-18/h15-17,19-23,33H,3-13H2,1-2H3,(H,31,32)/t17-,19+,20-,21-,22+,23-,26+,27-/m1/s1. The molecular weight excluding hydrogens is 412 g/mol. The van der Waals surface area contributed by atoms with Crippen molar-refractivity contribution in [3.05, 3.63) is 18.2 Å². The molecule has 0 radical (unpaired) electrons. The van der Waals surface area contributed by atoms with Crippen molar-refractivity contribution in [2.75, 3.05) is 5.32 Å². The van der Waals surface area contributed by atoms with Gasteiger partial charge in [0.1, 0.15) is 6.07 Å². The highest BCUT2D eigenvalue weighted by Crippen LogP contribution is 2.64. The van der Waals surface area contributed by atoms with Gasteiger partial charge < -0.3 is 10.4 Å². The van der Waals surface area contributed by atoms with Crippen LogP contribution >= 0.6 is 0 Å². The molecule has 2 N–H and O–H groups in total. The van der Waals surface area contributed by atoms with E-state index < -0.39 is 5.60 Å². The molecule has 1 aromatic rings. The minimum Gasteiger partial charge on any atom is -0.390 e. The van der Waals surface area contributed by atoms with E-state index in [9.17, 15) is 9.90 Å². The molecule has 0 bridgehead atoms. The number of hydrogen-bond acceptors (Lipinski definition) is 5. The molecule has 0 aromatic carbocycles. The number of fused-ring (bicyclic) bond motifs is 5. The third-order valence-electron chi connectivity index (χ3n) is 10.2. The maximum atomic E-state index is 13.3. The monoisotopic (exact) mass is 450 g/mol. The van der Waals surface area contributed by atoms with Crippen LogP contribution in [0.3, 0.4) is 0 Å². The van der Waals surface area contributed by atoms with Crippen molar-refractivity contribution in [3.8, 4) is 6.07 Å². The molecule has 1 aromatic heterocycles. The molecule has 4 aliphatic carbocycles. The van der Waals surface area contributed by atoms with Gasteiger partial charge in [-0.05, 0) is 99.2 Å². The molecule has 0 saturated heterocycles. The number of hydrogen-bond donors (Lipinski definition) is 2. The summed E-state index contributed by atoms with van der Waals surface area (Å²) >= 11 is 0. The van der Waals surface area contributed by atoms with E-state index in [0.29, 0.717) is 17.5 Å². The fraction of sp³-hybridized carbons (Fsp3) is 0.778. The molecule has 6 heteroatoms. The van der Waals surface area contributed by atoms with E-state index in [1.165, 1.54) is 38.1 Å². The Morgan fingerprint density at radius 1 is 1.12 bits per heavy atom. The zero-order chi connectivity index (χ0) is 23.2. The average molecular weight is 451 g/mol. The fourth-order valence-electron chi connectivity index (χ4n) is 8.77.